The van der Waals surface area contributed by atoms with Gasteiger partial charge in [-0.05, 0) is 30.4 Å². The minimum Gasteiger partial charge on any atom is -0.481 e. The normalized spacial score (nSPS) is 25.4. The first-order chi connectivity index (χ1) is 7.20. The lowest BCUT2D eigenvalue weighted by Gasteiger charge is -2.14. The largest absolute Gasteiger partial charge is 0.481 e. The van der Waals surface area contributed by atoms with Gasteiger partial charge < -0.3 is 10.2 Å². The molecule has 3 nitrogen and oxygen atoms in total. The topological polar surface area (TPSA) is 57.5 Å². The van der Waals surface area contributed by atoms with Crippen LogP contribution < -0.4 is 0 Å². The van der Waals surface area contributed by atoms with E-state index in [2.05, 4.69) is 0 Å². The van der Waals surface area contributed by atoms with Gasteiger partial charge in [0, 0.05) is 0 Å². The van der Waals surface area contributed by atoms with Crippen LogP contribution in [-0.4, -0.2) is 16.2 Å². The standard InChI is InChI=1S/C12H14O3/c13-11-7-3-6-10(12(14)15)8-4-1-2-5-9(8)11/h1-2,4-5,10-11,13H,3,6-7H2,(H,14,15). The molecule has 0 bridgehead atoms. The highest BCUT2D eigenvalue weighted by atomic mass is 16.4. The van der Waals surface area contributed by atoms with Gasteiger partial charge >= 0.3 is 5.97 Å². The Bertz CT molecular complexity index is 373. The molecule has 1 aliphatic rings. The van der Waals surface area contributed by atoms with Gasteiger partial charge in [-0.1, -0.05) is 24.3 Å². The Morgan fingerprint density at radius 1 is 1.20 bits per heavy atom. The van der Waals surface area contributed by atoms with E-state index in [4.69, 9.17) is 5.11 Å². The van der Waals surface area contributed by atoms with Crippen molar-refractivity contribution < 1.29 is 15.0 Å². The molecule has 0 aromatic heterocycles. The highest BCUT2D eigenvalue weighted by Gasteiger charge is 2.27. The van der Waals surface area contributed by atoms with Gasteiger partial charge in [-0.25, -0.2) is 0 Å². The predicted molar refractivity (Wildman–Crippen MR) is 55.6 cm³/mol. The van der Waals surface area contributed by atoms with Crippen molar-refractivity contribution in [2.75, 3.05) is 0 Å². The molecule has 2 rings (SSSR count). The Kier molecular flexibility index (Phi) is 2.73. The number of hydrogen-bond donors (Lipinski definition) is 2. The summed E-state index contributed by atoms with van der Waals surface area (Å²) in [5.74, 6) is -1.25. The third-order valence-electron chi connectivity index (χ3n) is 3.00. The summed E-state index contributed by atoms with van der Waals surface area (Å²) in [5, 5.41) is 19.0. The molecule has 0 heterocycles. The number of benzene rings is 1. The van der Waals surface area contributed by atoms with Crippen LogP contribution in [-0.2, 0) is 4.79 Å². The Morgan fingerprint density at radius 3 is 2.53 bits per heavy atom. The van der Waals surface area contributed by atoms with Crippen molar-refractivity contribution in [3.63, 3.8) is 0 Å². The average molecular weight is 206 g/mol. The molecule has 2 unspecified atom stereocenters. The molecular weight excluding hydrogens is 192 g/mol. The Hall–Kier alpha value is -1.35. The fourth-order valence-electron chi connectivity index (χ4n) is 2.21. The van der Waals surface area contributed by atoms with Crippen LogP contribution in [0, 0.1) is 0 Å². The molecule has 0 amide bonds. The summed E-state index contributed by atoms with van der Waals surface area (Å²) in [7, 11) is 0. The molecule has 0 radical (unpaired) electrons. The number of carboxylic acids is 1. The SMILES string of the molecule is O=C(O)C1CCCC(O)c2ccccc21. The number of aliphatic carboxylic acids is 1. The van der Waals surface area contributed by atoms with Crippen molar-refractivity contribution in [3.8, 4) is 0 Å². The van der Waals surface area contributed by atoms with Gasteiger partial charge in [0.2, 0.25) is 0 Å². The van der Waals surface area contributed by atoms with Gasteiger partial charge in [-0.2, -0.15) is 0 Å². The maximum Gasteiger partial charge on any atom is 0.310 e. The van der Waals surface area contributed by atoms with Crippen LogP contribution in [0.4, 0.5) is 0 Å². The van der Waals surface area contributed by atoms with Gasteiger partial charge in [0.05, 0.1) is 12.0 Å². The van der Waals surface area contributed by atoms with Crippen LogP contribution in [0.25, 0.3) is 0 Å². The molecule has 15 heavy (non-hydrogen) atoms. The summed E-state index contributed by atoms with van der Waals surface area (Å²) in [6.07, 6.45) is 1.52. The van der Waals surface area contributed by atoms with E-state index in [1.165, 1.54) is 0 Å². The zero-order valence-corrected chi connectivity index (χ0v) is 8.39. The molecule has 2 N–H and O–H groups in total. The smallest absolute Gasteiger partial charge is 0.310 e. The van der Waals surface area contributed by atoms with Gasteiger partial charge in [-0.15, -0.1) is 0 Å². The van der Waals surface area contributed by atoms with E-state index in [1.807, 2.05) is 24.3 Å². The number of rotatable bonds is 1. The summed E-state index contributed by atoms with van der Waals surface area (Å²) in [5.41, 5.74) is 1.55. The van der Waals surface area contributed by atoms with Crippen molar-refractivity contribution in [1.29, 1.82) is 0 Å². The summed E-state index contributed by atoms with van der Waals surface area (Å²) < 4.78 is 0. The van der Waals surface area contributed by atoms with Gasteiger partial charge in [0.25, 0.3) is 0 Å². The molecule has 0 saturated carbocycles. The molecule has 0 saturated heterocycles. The molecular formula is C12H14O3. The number of aliphatic hydroxyl groups excluding tert-OH is 1. The number of hydrogen-bond acceptors (Lipinski definition) is 2. The second-order valence-corrected chi connectivity index (χ2v) is 3.97. The van der Waals surface area contributed by atoms with E-state index < -0.39 is 18.0 Å². The van der Waals surface area contributed by atoms with Gasteiger partial charge in [0.15, 0.2) is 0 Å². The first-order valence-electron chi connectivity index (χ1n) is 5.20. The lowest BCUT2D eigenvalue weighted by atomic mass is 9.92. The highest BCUT2D eigenvalue weighted by molar-refractivity contribution is 5.76. The predicted octanol–water partition coefficient (Wildman–Crippen LogP) is 2.07. The zero-order valence-electron chi connectivity index (χ0n) is 8.39. The minimum absolute atomic E-state index is 0.460. The fourth-order valence-corrected chi connectivity index (χ4v) is 2.21. The number of aliphatic hydroxyl groups is 1. The first-order valence-corrected chi connectivity index (χ1v) is 5.20. The van der Waals surface area contributed by atoms with Crippen LogP contribution in [0.3, 0.4) is 0 Å². The number of carbonyl (C=O) groups is 1. The van der Waals surface area contributed by atoms with Crippen molar-refractivity contribution in [1.82, 2.24) is 0 Å². The van der Waals surface area contributed by atoms with E-state index in [0.29, 0.717) is 12.8 Å². The van der Waals surface area contributed by atoms with Crippen LogP contribution in [0.5, 0.6) is 0 Å². The molecule has 0 spiro atoms. The van der Waals surface area contributed by atoms with E-state index in [-0.39, 0.29) is 0 Å². The lowest BCUT2D eigenvalue weighted by molar-refractivity contribution is -0.139. The monoisotopic (exact) mass is 206 g/mol. The molecule has 0 fully saturated rings. The van der Waals surface area contributed by atoms with Gasteiger partial charge in [-0.3, -0.25) is 4.79 Å². The Labute approximate surface area is 88.4 Å². The van der Waals surface area contributed by atoms with Crippen LogP contribution in [0.15, 0.2) is 24.3 Å². The fraction of sp³-hybridized carbons (Fsp3) is 0.417. The maximum atomic E-state index is 11.1. The third kappa shape index (κ3) is 1.88. The number of fused-ring (bicyclic) bond motifs is 1. The molecule has 80 valence electrons. The maximum absolute atomic E-state index is 11.1. The summed E-state index contributed by atoms with van der Waals surface area (Å²) in [6.45, 7) is 0. The van der Waals surface area contributed by atoms with Crippen molar-refractivity contribution in [3.05, 3.63) is 35.4 Å². The molecule has 1 aromatic carbocycles. The van der Waals surface area contributed by atoms with E-state index >= 15 is 0 Å². The average Bonchev–Trinajstić information content (AvgIpc) is 2.39. The van der Waals surface area contributed by atoms with E-state index in [1.54, 1.807) is 0 Å². The van der Waals surface area contributed by atoms with Crippen LogP contribution >= 0.6 is 0 Å². The van der Waals surface area contributed by atoms with Gasteiger partial charge in [0.1, 0.15) is 0 Å². The first kappa shape index (κ1) is 10.2. The zero-order chi connectivity index (χ0) is 10.8. The molecule has 1 aliphatic carbocycles. The van der Waals surface area contributed by atoms with E-state index in [9.17, 15) is 9.90 Å². The number of carboxylic acid groups (broad SMARTS) is 1. The summed E-state index contributed by atoms with van der Waals surface area (Å²) in [6, 6.07) is 7.29. The summed E-state index contributed by atoms with van der Waals surface area (Å²) in [4.78, 5) is 11.1. The second-order valence-electron chi connectivity index (χ2n) is 3.97. The Morgan fingerprint density at radius 2 is 1.87 bits per heavy atom. The Balaban J connectivity index is 2.47. The molecule has 2 atom stereocenters. The summed E-state index contributed by atoms with van der Waals surface area (Å²) >= 11 is 0. The van der Waals surface area contributed by atoms with Crippen LogP contribution in [0.2, 0.25) is 0 Å². The van der Waals surface area contributed by atoms with Crippen molar-refractivity contribution in [2.45, 2.75) is 31.3 Å². The van der Waals surface area contributed by atoms with Crippen LogP contribution in [0.1, 0.15) is 42.4 Å². The lowest BCUT2D eigenvalue weighted by Crippen LogP contribution is -2.12. The highest BCUT2D eigenvalue weighted by Crippen LogP contribution is 2.35. The minimum atomic E-state index is -0.795. The molecule has 1 aromatic rings. The van der Waals surface area contributed by atoms with Crippen molar-refractivity contribution >= 4 is 5.97 Å². The van der Waals surface area contributed by atoms with Crippen molar-refractivity contribution in [2.24, 2.45) is 0 Å². The quantitative estimate of drug-likeness (QED) is 0.691. The third-order valence-corrected chi connectivity index (χ3v) is 3.00. The molecule has 3 heteroatoms. The second kappa shape index (κ2) is 4.03. The molecule has 0 aliphatic heterocycles. The van der Waals surface area contributed by atoms with E-state index in [0.717, 1.165) is 17.5 Å².